The van der Waals surface area contributed by atoms with E-state index in [0.717, 1.165) is 34.7 Å². The first kappa shape index (κ1) is 16.5. The van der Waals surface area contributed by atoms with E-state index in [2.05, 4.69) is 15.7 Å². The van der Waals surface area contributed by atoms with Gasteiger partial charge in [-0.25, -0.2) is 4.98 Å². The lowest BCUT2D eigenvalue weighted by Crippen LogP contribution is -2.34. The number of hydrogen-bond donors (Lipinski definition) is 1. The van der Waals surface area contributed by atoms with Crippen molar-refractivity contribution in [3.8, 4) is 0 Å². The molecule has 122 valence electrons. The molecule has 1 fully saturated rings. The predicted molar refractivity (Wildman–Crippen MR) is 97.1 cm³/mol. The molecule has 0 aliphatic heterocycles. The fourth-order valence-electron chi connectivity index (χ4n) is 2.93. The summed E-state index contributed by atoms with van der Waals surface area (Å²) in [5.41, 5.74) is 3.71. The molecule has 3 nitrogen and oxygen atoms in total. The van der Waals surface area contributed by atoms with Gasteiger partial charge in [0.15, 0.2) is 0 Å². The fraction of sp³-hybridized carbons (Fsp3) is 0.444. The second-order valence-corrected chi connectivity index (χ2v) is 7.66. The highest BCUT2D eigenvalue weighted by Crippen LogP contribution is 2.27. The summed E-state index contributed by atoms with van der Waals surface area (Å²) in [6, 6.07) is 8.22. The van der Waals surface area contributed by atoms with E-state index < -0.39 is 0 Å². The zero-order valence-electron chi connectivity index (χ0n) is 13.2. The number of thiazole rings is 1. The summed E-state index contributed by atoms with van der Waals surface area (Å²) in [4.78, 5) is 18.0. The molecule has 0 atom stereocenters. The summed E-state index contributed by atoms with van der Waals surface area (Å²) in [5.74, 6) is 0.871. The number of thioether (sulfide) groups is 1. The summed E-state index contributed by atoms with van der Waals surface area (Å²) in [5, 5.41) is 5.30. The molecule has 1 aromatic heterocycles. The molecule has 1 N–H and O–H groups in total. The number of aromatic nitrogens is 1. The van der Waals surface area contributed by atoms with Crippen LogP contribution in [-0.4, -0.2) is 16.9 Å². The van der Waals surface area contributed by atoms with E-state index >= 15 is 0 Å². The largest absolute Gasteiger partial charge is 0.349 e. The van der Waals surface area contributed by atoms with Gasteiger partial charge in [0.2, 0.25) is 0 Å². The number of hydrogen-bond acceptors (Lipinski definition) is 4. The molecule has 2 aromatic rings. The average molecular weight is 347 g/mol. The number of amides is 1. The van der Waals surface area contributed by atoms with Gasteiger partial charge in [-0.3, -0.25) is 4.79 Å². The lowest BCUT2D eigenvalue weighted by molar-refractivity contribution is 0.0930. The fourth-order valence-corrected chi connectivity index (χ4v) is 4.54. The third-order valence-electron chi connectivity index (χ3n) is 4.18. The SMILES string of the molecule is O=C(NC1CCCCCC1)c1ccccc1SCc1cscn1. The van der Waals surface area contributed by atoms with Gasteiger partial charge >= 0.3 is 0 Å². The number of rotatable bonds is 5. The van der Waals surface area contributed by atoms with Gasteiger partial charge in [0.25, 0.3) is 5.91 Å². The van der Waals surface area contributed by atoms with Crippen LogP contribution in [0.15, 0.2) is 40.1 Å². The molecule has 1 aliphatic carbocycles. The van der Waals surface area contributed by atoms with E-state index in [4.69, 9.17) is 0 Å². The summed E-state index contributed by atoms with van der Waals surface area (Å²) >= 11 is 3.29. The number of nitrogens with one attached hydrogen (secondary N) is 1. The maximum absolute atomic E-state index is 12.7. The molecule has 1 aromatic carbocycles. The monoisotopic (exact) mass is 346 g/mol. The van der Waals surface area contributed by atoms with E-state index in [-0.39, 0.29) is 5.91 Å². The van der Waals surface area contributed by atoms with E-state index in [9.17, 15) is 4.79 Å². The van der Waals surface area contributed by atoms with E-state index in [1.54, 1.807) is 23.1 Å². The molecule has 3 rings (SSSR count). The van der Waals surface area contributed by atoms with Crippen molar-refractivity contribution in [2.45, 2.75) is 55.2 Å². The Bertz CT molecular complexity index is 620. The van der Waals surface area contributed by atoms with Crippen LogP contribution in [0, 0.1) is 0 Å². The van der Waals surface area contributed by atoms with Crippen molar-refractivity contribution in [3.05, 3.63) is 46.4 Å². The third-order valence-corrected chi connectivity index (χ3v) is 5.92. The van der Waals surface area contributed by atoms with Crippen molar-refractivity contribution < 1.29 is 4.79 Å². The number of carbonyl (C=O) groups excluding carboxylic acids is 1. The van der Waals surface area contributed by atoms with Gasteiger partial charge in [-0.05, 0) is 25.0 Å². The number of nitrogens with zero attached hydrogens (tertiary/aromatic N) is 1. The minimum Gasteiger partial charge on any atom is -0.349 e. The third kappa shape index (κ3) is 4.82. The zero-order valence-corrected chi connectivity index (χ0v) is 14.8. The molecule has 0 radical (unpaired) electrons. The minimum atomic E-state index is 0.0678. The Hall–Kier alpha value is -1.33. The maximum atomic E-state index is 12.7. The smallest absolute Gasteiger partial charge is 0.252 e. The molecular weight excluding hydrogens is 324 g/mol. The Morgan fingerprint density at radius 2 is 2.00 bits per heavy atom. The first-order valence-corrected chi connectivity index (χ1v) is 10.2. The van der Waals surface area contributed by atoms with Crippen molar-refractivity contribution >= 4 is 29.0 Å². The minimum absolute atomic E-state index is 0.0678. The molecule has 0 bridgehead atoms. The first-order chi connectivity index (χ1) is 11.3. The zero-order chi connectivity index (χ0) is 15.9. The van der Waals surface area contributed by atoms with Crippen LogP contribution in [-0.2, 0) is 5.75 Å². The van der Waals surface area contributed by atoms with Crippen molar-refractivity contribution in [1.29, 1.82) is 0 Å². The van der Waals surface area contributed by atoms with E-state index in [1.807, 2.05) is 29.8 Å². The van der Waals surface area contributed by atoms with Crippen LogP contribution in [0.25, 0.3) is 0 Å². The molecule has 0 unspecified atom stereocenters. The highest BCUT2D eigenvalue weighted by atomic mass is 32.2. The Morgan fingerprint density at radius 3 is 2.74 bits per heavy atom. The quantitative estimate of drug-likeness (QED) is 0.619. The molecule has 0 saturated heterocycles. The standard InChI is InChI=1S/C18H22N2OS2/c21-18(20-14-7-3-1-2-4-8-14)16-9-5-6-10-17(16)23-12-15-11-22-13-19-15/h5-6,9-11,13-14H,1-4,7-8,12H2,(H,20,21). The lowest BCUT2D eigenvalue weighted by Gasteiger charge is -2.17. The van der Waals surface area contributed by atoms with Crippen LogP contribution >= 0.6 is 23.1 Å². The van der Waals surface area contributed by atoms with Crippen LogP contribution in [0.3, 0.4) is 0 Å². The highest BCUT2D eigenvalue weighted by Gasteiger charge is 2.17. The predicted octanol–water partition coefficient (Wildman–Crippen LogP) is 4.89. The second-order valence-electron chi connectivity index (χ2n) is 5.93. The van der Waals surface area contributed by atoms with Crippen LogP contribution < -0.4 is 5.32 Å². The van der Waals surface area contributed by atoms with E-state index in [0.29, 0.717) is 6.04 Å². The summed E-state index contributed by atoms with van der Waals surface area (Å²) in [7, 11) is 0. The van der Waals surface area contributed by atoms with Gasteiger partial charge in [0.1, 0.15) is 0 Å². The van der Waals surface area contributed by atoms with Gasteiger partial charge in [-0.15, -0.1) is 23.1 Å². The summed E-state index contributed by atoms with van der Waals surface area (Å²) < 4.78 is 0. The molecule has 0 spiro atoms. The first-order valence-electron chi connectivity index (χ1n) is 8.22. The molecular formula is C18H22N2OS2. The molecule has 1 aliphatic rings. The van der Waals surface area contributed by atoms with Gasteiger partial charge in [-0.2, -0.15) is 0 Å². The number of carbonyl (C=O) groups is 1. The van der Waals surface area contributed by atoms with E-state index in [1.165, 1.54) is 25.7 Å². The molecule has 5 heteroatoms. The second kappa shape index (κ2) is 8.50. The van der Waals surface area contributed by atoms with Gasteiger partial charge < -0.3 is 5.32 Å². The Labute approximate surface area is 145 Å². The van der Waals surface area contributed by atoms with Crippen LogP contribution in [0.1, 0.15) is 54.6 Å². The van der Waals surface area contributed by atoms with Crippen LogP contribution in [0.5, 0.6) is 0 Å². The van der Waals surface area contributed by atoms with Crippen molar-refractivity contribution in [3.63, 3.8) is 0 Å². The lowest BCUT2D eigenvalue weighted by atomic mass is 10.1. The topological polar surface area (TPSA) is 42.0 Å². The molecule has 1 amide bonds. The van der Waals surface area contributed by atoms with Crippen molar-refractivity contribution in [1.82, 2.24) is 10.3 Å². The van der Waals surface area contributed by atoms with Crippen LogP contribution in [0.4, 0.5) is 0 Å². The number of benzene rings is 1. The van der Waals surface area contributed by atoms with Gasteiger partial charge in [0, 0.05) is 22.1 Å². The molecule has 23 heavy (non-hydrogen) atoms. The van der Waals surface area contributed by atoms with Gasteiger partial charge in [-0.1, -0.05) is 37.8 Å². The highest BCUT2D eigenvalue weighted by molar-refractivity contribution is 7.98. The Morgan fingerprint density at radius 1 is 1.22 bits per heavy atom. The van der Waals surface area contributed by atoms with Crippen molar-refractivity contribution in [2.24, 2.45) is 0 Å². The van der Waals surface area contributed by atoms with Crippen molar-refractivity contribution in [2.75, 3.05) is 0 Å². The average Bonchev–Trinajstić information content (AvgIpc) is 2.97. The summed E-state index contributed by atoms with van der Waals surface area (Å²) in [6.45, 7) is 0. The van der Waals surface area contributed by atoms with Crippen LogP contribution in [0.2, 0.25) is 0 Å². The Kier molecular flexibility index (Phi) is 6.11. The normalized spacial score (nSPS) is 16.0. The Balaban J connectivity index is 1.64. The summed E-state index contributed by atoms with van der Waals surface area (Å²) in [6.07, 6.45) is 7.27. The molecule has 1 heterocycles. The molecule has 1 saturated carbocycles. The van der Waals surface area contributed by atoms with Gasteiger partial charge in [0.05, 0.1) is 16.8 Å². The maximum Gasteiger partial charge on any atom is 0.252 e.